The molecule has 2 heterocycles. The average molecular weight is 311 g/mol. The van der Waals surface area contributed by atoms with Crippen molar-refractivity contribution in [3.63, 3.8) is 0 Å². The van der Waals surface area contributed by atoms with Crippen LogP contribution in [0.25, 0.3) is 11.0 Å². The topological polar surface area (TPSA) is 53.9 Å². The van der Waals surface area contributed by atoms with Crippen molar-refractivity contribution < 1.29 is 0 Å². The van der Waals surface area contributed by atoms with Crippen LogP contribution in [0.1, 0.15) is 43.2 Å². The summed E-state index contributed by atoms with van der Waals surface area (Å²) in [5.74, 6) is 0.658. The van der Waals surface area contributed by atoms with E-state index in [1.807, 2.05) is 0 Å². The molecule has 0 unspecified atom stereocenters. The zero-order valence-corrected chi connectivity index (χ0v) is 13.7. The Morgan fingerprint density at radius 1 is 0.870 bits per heavy atom. The highest BCUT2D eigenvalue weighted by molar-refractivity contribution is 5.77. The number of benzene rings is 1. The third-order valence-corrected chi connectivity index (χ3v) is 5.08. The molecule has 1 N–H and O–H groups in total. The molecule has 1 aromatic carbocycles. The molecule has 2 aliphatic rings. The summed E-state index contributed by atoms with van der Waals surface area (Å²) >= 11 is 0. The molecular formula is C18H25N5. The average Bonchev–Trinajstić information content (AvgIpc) is 2.86. The number of anilines is 1. The van der Waals surface area contributed by atoms with Gasteiger partial charge in [0.25, 0.3) is 0 Å². The second-order valence-electron chi connectivity index (χ2n) is 6.78. The fourth-order valence-electron chi connectivity index (χ4n) is 3.77. The highest BCUT2D eigenvalue weighted by Gasteiger charge is 2.13. The van der Waals surface area contributed by atoms with Gasteiger partial charge in [-0.25, -0.2) is 4.98 Å². The van der Waals surface area contributed by atoms with Crippen LogP contribution >= 0.6 is 0 Å². The summed E-state index contributed by atoms with van der Waals surface area (Å²) in [6.45, 7) is 4.40. The van der Waals surface area contributed by atoms with E-state index in [2.05, 4.69) is 37.5 Å². The molecule has 0 saturated carbocycles. The second kappa shape index (κ2) is 6.79. The zero-order chi connectivity index (χ0) is 15.5. The maximum absolute atomic E-state index is 4.65. The molecule has 122 valence electrons. The van der Waals surface area contributed by atoms with Gasteiger partial charge in [-0.1, -0.05) is 12.8 Å². The van der Waals surface area contributed by atoms with Gasteiger partial charge in [0.15, 0.2) is 0 Å². The quantitative estimate of drug-likeness (QED) is 0.941. The molecule has 1 aromatic heterocycles. The second-order valence-corrected chi connectivity index (χ2v) is 6.78. The molecule has 0 spiro atoms. The molecule has 5 heteroatoms. The largest absolute Gasteiger partial charge is 0.352 e. The Hall–Kier alpha value is -1.75. The molecule has 23 heavy (non-hydrogen) atoms. The van der Waals surface area contributed by atoms with Gasteiger partial charge in [0.1, 0.15) is 5.52 Å². The fourth-order valence-corrected chi connectivity index (χ4v) is 3.77. The fraction of sp³-hybridized carbons (Fsp3) is 0.611. The number of nitrogens with zero attached hydrogens (tertiary/aromatic N) is 4. The number of aryl methyl sites for hydroxylation is 2. The third kappa shape index (κ3) is 3.44. The van der Waals surface area contributed by atoms with E-state index < -0.39 is 0 Å². The highest BCUT2D eigenvalue weighted by Crippen LogP contribution is 2.25. The number of likely N-dealkylation sites (tertiary alicyclic amines) is 1. The van der Waals surface area contributed by atoms with Gasteiger partial charge in [-0.15, -0.1) is 10.2 Å². The minimum absolute atomic E-state index is 0.658. The number of fused-ring (bicyclic) bond motifs is 2. The van der Waals surface area contributed by atoms with Gasteiger partial charge in [0.05, 0.1) is 5.52 Å². The molecule has 0 atom stereocenters. The van der Waals surface area contributed by atoms with Crippen LogP contribution in [0.2, 0.25) is 0 Å². The van der Waals surface area contributed by atoms with E-state index in [-0.39, 0.29) is 0 Å². The Balaban J connectivity index is 1.40. The minimum Gasteiger partial charge on any atom is -0.352 e. The Morgan fingerprint density at radius 2 is 1.61 bits per heavy atom. The molecule has 0 radical (unpaired) electrons. The van der Waals surface area contributed by atoms with Crippen LogP contribution in [0.3, 0.4) is 0 Å². The smallest absolute Gasteiger partial charge is 0.243 e. The standard InChI is InChI=1S/C18H25N5/c1-2-4-10-23(9-3-1)11-8-19-18-20-16-12-14-6-5-7-15(14)13-17(16)21-22-18/h12-13H,1-11H2,(H,19,20,22). The van der Waals surface area contributed by atoms with Crippen LogP contribution in [0.5, 0.6) is 0 Å². The number of rotatable bonds is 4. The van der Waals surface area contributed by atoms with Gasteiger partial charge in [-0.2, -0.15) is 0 Å². The third-order valence-electron chi connectivity index (χ3n) is 5.08. The Morgan fingerprint density at radius 3 is 2.39 bits per heavy atom. The summed E-state index contributed by atoms with van der Waals surface area (Å²) < 4.78 is 0. The molecule has 5 nitrogen and oxygen atoms in total. The summed E-state index contributed by atoms with van der Waals surface area (Å²) in [7, 11) is 0. The Labute approximate surface area is 137 Å². The van der Waals surface area contributed by atoms with Crippen LogP contribution < -0.4 is 5.32 Å². The van der Waals surface area contributed by atoms with Crippen molar-refractivity contribution in [1.82, 2.24) is 20.1 Å². The lowest BCUT2D eigenvalue weighted by atomic mass is 10.1. The number of hydrogen-bond acceptors (Lipinski definition) is 5. The van der Waals surface area contributed by atoms with Crippen LogP contribution in [0.4, 0.5) is 5.95 Å². The Bertz CT molecular complexity index is 676. The van der Waals surface area contributed by atoms with Crippen LogP contribution in [-0.4, -0.2) is 46.3 Å². The van der Waals surface area contributed by atoms with Crippen LogP contribution in [-0.2, 0) is 12.8 Å². The highest BCUT2D eigenvalue weighted by atomic mass is 15.2. The molecule has 1 fully saturated rings. The lowest BCUT2D eigenvalue weighted by Crippen LogP contribution is -2.30. The van der Waals surface area contributed by atoms with E-state index in [1.54, 1.807) is 0 Å². The van der Waals surface area contributed by atoms with Crippen LogP contribution in [0, 0.1) is 0 Å². The normalized spacial score (nSPS) is 18.8. The summed E-state index contributed by atoms with van der Waals surface area (Å²) in [6, 6.07) is 4.37. The van der Waals surface area contributed by atoms with Gasteiger partial charge in [-0.3, -0.25) is 0 Å². The van der Waals surface area contributed by atoms with Gasteiger partial charge in [-0.05, 0) is 68.5 Å². The first-order chi connectivity index (χ1) is 11.4. The Kier molecular flexibility index (Phi) is 4.37. The number of aromatic nitrogens is 3. The van der Waals surface area contributed by atoms with E-state index in [9.17, 15) is 0 Å². The van der Waals surface area contributed by atoms with E-state index in [4.69, 9.17) is 0 Å². The number of nitrogens with one attached hydrogen (secondary N) is 1. The summed E-state index contributed by atoms with van der Waals surface area (Å²) in [5, 5.41) is 11.9. The molecular weight excluding hydrogens is 286 g/mol. The molecule has 0 amide bonds. The molecule has 2 aromatic rings. The van der Waals surface area contributed by atoms with E-state index in [0.29, 0.717) is 5.95 Å². The van der Waals surface area contributed by atoms with E-state index >= 15 is 0 Å². The van der Waals surface area contributed by atoms with E-state index in [0.717, 1.165) is 24.1 Å². The monoisotopic (exact) mass is 311 g/mol. The van der Waals surface area contributed by atoms with Gasteiger partial charge < -0.3 is 10.2 Å². The molecule has 0 bridgehead atoms. The van der Waals surface area contributed by atoms with Gasteiger partial charge in [0.2, 0.25) is 5.95 Å². The van der Waals surface area contributed by atoms with Crippen molar-refractivity contribution in [1.29, 1.82) is 0 Å². The van der Waals surface area contributed by atoms with E-state index in [1.165, 1.54) is 69.2 Å². The molecule has 1 aliphatic heterocycles. The molecule has 1 saturated heterocycles. The van der Waals surface area contributed by atoms with Gasteiger partial charge >= 0.3 is 0 Å². The first-order valence-electron chi connectivity index (χ1n) is 9.01. The minimum atomic E-state index is 0.658. The van der Waals surface area contributed by atoms with Crippen molar-refractivity contribution in [3.8, 4) is 0 Å². The molecule has 4 rings (SSSR count). The maximum atomic E-state index is 4.65. The lowest BCUT2D eigenvalue weighted by molar-refractivity contribution is 0.296. The summed E-state index contributed by atoms with van der Waals surface area (Å²) in [5.41, 5.74) is 4.76. The van der Waals surface area contributed by atoms with Crippen molar-refractivity contribution in [2.45, 2.75) is 44.9 Å². The van der Waals surface area contributed by atoms with Gasteiger partial charge in [0, 0.05) is 13.1 Å². The summed E-state index contributed by atoms with van der Waals surface area (Å²) in [6.07, 6.45) is 9.02. The maximum Gasteiger partial charge on any atom is 0.243 e. The molecule has 1 aliphatic carbocycles. The van der Waals surface area contributed by atoms with Crippen LogP contribution in [0.15, 0.2) is 12.1 Å². The predicted octanol–water partition coefficient (Wildman–Crippen LogP) is 2.80. The SMILES string of the molecule is c1c2c(cc3nc(NCCN4CCCCCC4)nnc13)CCC2. The number of hydrogen-bond donors (Lipinski definition) is 1. The van der Waals surface area contributed by atoms with Crippen molar-refractivity contribution in [2.75, 3.05) is 31.5 Å². The first-order valence-corrected chi connectivity index (χ1v) is 9.01. The zero-order valence-electron chi connectivity index (χ0n) is 13.7. The summed E-state index contributed by atoms with van der Waals surface area (Å²) in [4.78, 5) is 7.19. The first kappa shape index (κ1) is 14.8. The predicted molar refractivity (Wildman–Crippen MR) is 92.8 cm³/mol. The van der Waals surface area contributed by atoms with Crippen molar-refractivity contribution in [2.24, 2.45) is 0 Å². The van der Waals surface area contributed by atoms with Crippen molar-refractivity contribution in [3.05, 3.63) is 23.3 Å². The van der Waals surface area contributed by atoms with Crippen molar-refractivity contribution >= 4 is 17.0 Å². The lowest BCUT2D eigenvalue weighted by Gasteiger charge is -2.19.